The summed E-state index contributed by atoms with van der Waals surface area (Å²) in [7, 11) is 1.24. The number of anilines is 1. The van der Waals surface area contributed by atoms with Crippen molar-refractivity contribution in [3.05, 3.63) is 28.2 Å². The van der Waals surface area contributed by atoms with E-state index < -0.39 is 18.0 Å². The number of nitrogens with zero attached hydrogens (tertiary/aromatic N) is 1. The zero-order chi connectivity index (χ0) is 17.1. The van der Waals surface area contributed by atoms with Gasteiger partial charge in [-0.3, -0.25) is 14.5 Å². The molecule has 1 aromatic carbocycles. The monoisotopic (exact) mass is 383 g/mol. The number of carbonyl (C=O) groups excluding carboxylic acids is 3. The average Bonchev–Trinajstić information content (AvgIpc) is 2.62. The SMILES string of the molecule is COC(=O)[C@@H]1CCN(C(=O)OC(C)C)c2cc(Br)ccc2C1=O. The minimum Gasteiger partial charge on any atom is -0.468 e. The molecule has 1 aliphatic rings. The molecule has 0 N–H and O–H groups in total. The number of ketones is 1. The van der Waals surface area contributed by atoms with Gasteiger partial charge < -0.3 is 9.47 Å². The second-order valence-corrected chi connectivity index (χ2v) is 6.39. The second kappa shape index (κ2) is 7.12. The maximum absolute atomic E-state index is 12.6. The number of fused-ring (bicyclic) bond motifs is 1. The van der Waals surface area contributed by atoms with E-state index in [1.165, 1.54) is 12.0 Å². The fourth-order valence-corrected chi connectivity index (χ4v) is 2.80. The van der Waals surface area contributed by atoms with Gasteiger partial charge in [-0.25, -0.2) is 4.79 Å². The smallest absolute Gasteiger partial charge is 0.414 e. The highest BCUT2D eigenvalue weighted by molar-refractivity contribution is 9.10. The van der Waals surface area contributed by atoms with Crippen LogP contribution in [0.5, 0.6) is 0 Å². The molecular formula is C16H18BrNO5. The lowest BCUT2D eigenvalue weighted by molar-refractivity contribution is -0.143. The van der Waals surface area contributed by atoms with Crippen molar-refractivity contribution in [2.75, 3.05) is 18.6 Å². The number of halogens is 1. The fourth-order valence-electron chi connectivity index (χ4n) is 2.46. The van der Waals surface area contributed by atoms with Gasteiger partial charge in [0.2, 0.25) is 0 Å². The quantitative estimate of drug-likeness (QED) is 0.579. The topological polar surface area (TPSA) is 72.9 Å². The molecule has 1 aliphatic heterocycles. The minimum absolute atomic E-state index is 0.186. The molecule has 124 valence electrons. The highest BCUT2D eigenvalue weighted by Gasteiger charge is 2.36. The van der Waals surface area contributed by atoms with E-state index in [0.717, 1.165) is 4.47 Å². The van der Waals surface area contributed by atoms with E-state index in [0.29, 0.717) is 11.3 Å². The third-order valence-electron chi connectivity index (χ3n) is 3.52. The zero-order valence-electron chi connectivity index (χ0n) is 13.2. The van der Waals surface area contributed by atoms with Crippen molar-refractivity contribution in [2.24, 2.45) is 5.92 Å². The van der Waals surface area contributed by atoms with Gasteiger partial charge in [-0.15, -0.1) is 0 Å². The molecule has 0 aromatic heterocycles. The van der Waals surface area contributed by atoms with Crippen molar-refractivity contribution >= 4 is 39.5 Å². The zero-order valence-corrected chi connectivity index (χ0v) is 14.8. The second-order valence-electron chi connectivity index (χ2n) is 5.47. The first-order chi connectivity index (χ1) is 10.8. The Balaban J connectivity index is 2.47. The number of esters is 1. The van der Waals surface area contributed by atoms with Crippen LogP contribution in [0.1, 0.15) is 30.6 Å². The first-order valence-electron chi connectivity index (χ1n) is 7.25. The molecule has 0 radical (unpaired) electrons. The number of ether oxygens (including phenoxy) is 2. The first kappa shape index (κ1) is 17.5. The molecule has 1 amide bonds. The molecule has 0 saturated carbocycles. The maximum atomic E-state index is 12.6. The van der Waals surface area contributed by atoms with Crippen LogP contribution in [0, 0.1) is 5.92 Å². The van der Waals surface area contributed by atoms with E-state index in [4.69, 9.17) is 9.47 Å². The molecule has 1 atom stereocenters. The van der Waals surface area contributed by atoms with Gasteiger partial charge in [-0.05, 0) is 38.5 Å². The Morgan fingerprint density at radius 2 is 2.04 bits per heavy atom. The van der Waals surface area contributed by atoms with Crippen molar-refractivity contribution in [1.29, 1.82) is 0 Å². The normalized spacial score (nSPS) is 17.5. The Morgan fingerprint density at radius 1 is 1.35 bits per heavy atom. The van der Waals surface area contributed by atoms with Gasteiger partial charge in [0.05, 0.1) is 18.9 Å². The molecule has 7 heteroatoms. The molecule has 6 nitrogen and oxygen atoms in total. The Kier molecular flexibility index (Phi) is 5.41. The molecule has 0 aliphatic carbocycles. The number of Topliss-reactive ketones (excluding diaryl/α,β-unsaturated/α-hetero) is 1. The lowest BCUT2D eigenvalue weighted by Crippen LogP contribution is -2.34. The summed E-state index contributed by atoms with van der Waals surface area (Å²) in [6.07, 6.45) is -0.642. The summed E-state index contributed by atoms with van der Waals surface area (Å²) in [4.78, 5) is 38.3. The summed E-state index contributed by atoms with van der Waals surface area (Å²) < 4.78 is 10.7. The van der Waals surface area contributed by atoms with Gasteiger partial charge in [0.1, 0.15) is 5.92 Å². The van der Waals surface area contributed by atoms with Gasteiger partial charge in [-0.1, -0.05) is 15.9 Å². The highest BCUT2D eigenvalue weighted by atomic mass is 79.9. The van der Waals surface area contributed by atoms with Gasteiger partial charge in [-0.2, -0.15) is 0 Å². The maximum Gasteiger partial charge on any atom is 0.414 e. The van der Waals surface area contributed by atoms with Crippen LogP contribution in [0.15, 0.2) is 22.7 Å². The van der Waals surface area contributed by atoms with Crippen LogP contribution in [-0.4, -0.2) is 37.6 Å². The van der Waals surface area contributed by atoms with Gasteiger partial charge in [0.15, 0.2) is 5.78 Å². The van der Waals surface area contributed by atoms with Crippen molar-refractivity contribution in [2.45, 2.75) is 26.4 Å². The number of methoxy groups -OCH3 is 1. The summed E-state index contributed by atoms with van der Waals surface area (Å²) in [6.45, 7) is 3.69. The molecule has 23 heavy (non-hydrogen) atoms. The standard InChI is InChI=1S/C16H18BrNO5/c1-9(2)23-16(21)18-7-6-12(15(20)22-3)14(19)11-5-4-10(17)8-13(11)18/h4-5,8-9,12H,6-7H2,1-3H3/t12-/m1/s1. The summed E-state index contributed by atoms with van der Waals surface area (Å²) in [5.41, 5.74) is 0.739. The van der Waals surface area contributed by atoms with Crippen LogP contribution in [0.25, 0.3) is 0 Å². The molecule has 1 aromatic rings. The number of hydrogen-bond donors (Lipinski definition) is 0. The van der Waals surface area contributed by atoms with E-state index in [9.17, 15) is 14.4 Å². The third kappa shape index (κ3) is 3.72. The average molecular weight is 384 g/mol. The van der Waals surface area contributed by atoms with Gasteiger partial charge >= 0.3 is 12.1 Å². The van der Waals surface area contributed by atoms with E-state index in [2.05, 4.69) is 15.9 Å². The molecule has 2 rings (SSSR count). The molecule has 0 unspecified atom stereocenters. The lowest BCUT2D eigenvalue weighted by Gasteiger charge is -2.23. The van der Waals surface area contributed by atoms with E-state index in [1.54, 1.807) is 32.0 Å². The summed E-state index contributed by atoms with van der Waals surface area (Å²) >= 11 is 3.34. The van der Waals surface area contributed by atoms with Crippen molar-refractivity contribution in [1.82, 2.24) is 0 Å². The minimum atomic E-state index is -0.920. The summed E-state index contributed by atoms with van der Waals surface area (Å²) in [5.74, 6) is -1.86. The molecule has 0 bridgehead atoms. The summed E-state index contributed by atoms with van der Waals surface area (Å²) in [6, 6.07) is 4.97. The van der Waals surface area contributed by atoms with Gasteiger partial charge in [0, 0.05) is 16.6 Å². The number of carbonyl (C=O) groups is 3. The number of rotatable bonds is 2. The number of benzene rings is 1. The molecule has 1 heterocycles. The fraction of sp³-hybridized carbons (Fsp3) is 0.438. The van der Waals surface area contributed by atoms with E-state index >= 15 is 0 Å². The highest BCUT2D eigenvalue weighted by Crippen LogP contribution is 2.32. The largest absolute Gasteiger partial charge is 0.468 e. The van der Waals surface area contributed by atoms with Crippen molar-refractivity contribution in [3.63, 3.8) is 0 Å². The Bertz CT molecular complexity index is 643. The third-order valence-corrected chi connectivity index (χ3v) is 4.01. The van der Waals surface area contributed by atoms with E-state index in [-0.39, 0.29) is 24.9 Å². The Morgan fingerprint density at radius 3 is 2.65 bits per heavy atom. The summed E-state index contributed by atoms with van der Waals surface area (Å²) in [5, 5.41) is 0. The van der Waals surface area contributed by atoms with Crippen LogP contribution in [-0.2, 0) is 14.3 Å². The molecule has 0 fully saturated rings. The van der Waals surface area contributed by atoms with E-state index in [1.807, 2.05) is 0 Å². The first-order valence-corrected chi connectivity index (χ1v) is 8.04. The lowest BCUT2D eigenvalue weighted by atomic mass is 9.95. The van der Waals surface area contributed by atoms with Crippen LogP contribution in [0.3, 0.4) is 0 Å². The van der Waals surface area contributed by atoms with Crippen molar-refractivity contribution in [3.8, 4) is 0 Å². The number of hydrogen-bond acceptors (Lipinski definition) is 5. The Labute approximate surface area is 142 Å². The predicted octanol–water partition coefficient (Wildman–Crippen LogP) is 3.18. The predicted molar refractivity (Wildman–Crippen MR) is 87.6 cm³/mol. The molecular weight excluding hydrogens is 366 g/mol. The van der Waals surface area contributed by atoms with Crippen LogP contribution >= 0.6 is 15.9 Å². The number of amides is 1. The van der Waals surface area contributed by atoms with Crippen LogP contribution in [0.2, 0.25) is 0 Å². The van der Waals surface area contributed by atoms with Crippen molar-refractivity contribution < 1.29 is 23.9 Å². The van der Waals surface area contributed by atoms with Gasteiger partial charge in [0.25, 0.3) is 0 Å². The molecule has 0 saturated heterocycles. The van der Waals surface area contributed by atoms with Crippen LogP contribution in [0.4, 0.5) is 10.5 Å². The molecule has 0 spiro atoms. The van der Waals surface area contributed by atoms with Crippen LogP contribution < -0.4 is 4.90 Å². The Hall–Kier alpha value is -1.89.